The number of nitrogens with zero attached hydrogens (tertiary/aromatic N) is 2. The number of halogens is 2. The van der Waals surface area contributed by atoms with E-state index in [9.17, 15) is 18.0 Å². The molecule has 0 aliphatic carbocycles. The van der Waals surface area contributed by atoms with Crippen LogP contribution in [-0.2, 0) is 32.6 Å². The summed E-state index contributed by atoms with van der Waals surface area (Å²) in [5, 5.41) is 3.77. The Bertz CT molecular complexity index is 1590. The minimum atomic E-state index is -3.69. The fraction of sp³-hybridized carbons (Fsp3) is 0.394. The van der Waals surface area contributed by atoms with Gasteiger partial charge in [0.15, 0.2) is 11.5 Å². The van der Waals surface area contributed by atoms with E-state index in [0.717, 1.165) is 18.2 Å². The highest BCUT2D eigenvalue weighted by atomic mass is 35.5. The predicted octanol–water partition coefficient (Wildman–Crippen LogP) is 5.87. The van der Waals surface area contributed by atoms with Crippen LogP contribution in [0.5, 0.6) is 11.5 Å². The molecule has 1 aliphatic rings. The normalized spacial score (nSPS) is 13.9. The van der Waals surface area contributed by atoms with Gasteiger partial charge in [0.2, 0.25) is 21.8 Å². The number of ether oxygens (including phenoxy) is 2. The quantitative estimate of drug-likeness (QED) is 0.229. The number of benzene rings is 3. The first-order chi connectivity index (χ1) is 21.5. The Kier molecular flexibility index (Phi) is 12.0. The highest BCUT2D eigenvalue weighted by Crippen LogP contribution is 2.35. The van der Waals surface area contributed by atoms with Gasteiger partial charge in [-0.2, -0.15) is 0 Å². The van der Waals surface area contributed by atoms with E-state index in [4.69, 9.17) is 32.7 Å². The van der Waals surface area contributed by atoms with Crippen molar-refractivity contribution in [2.45, 2.75) is 58.2 Å². The first-order valence-corrected chi connectivity index (χ1v) is 17.5. The van der Waals surface area contributed by atoms with Crippen LogP contribution in [0.4, 0.5) is 5.69 Å². The van der Waals surface area contributed by atoms with Crippen LogP contribution in [0, 0.1) is 0 Å². The SMILES string of the molecule is CC[C@H](C)NC(=O)[C@H](Cc1ccccc1)N(Cc1ccc(Cl)c(Cl)c1)C(=O)CCCN(c1ccc2c(c1)OCCO2)S(C)(=O)=O. The van der Waals surface area contributed by atoms with Gasteiger partial charge in [0.05, 0.1) is 22.0 Å². The molecule has 242 valence electrons. The maximum absolute atomic E-state index is 14.0. The molecule has 0 aromatic heterocycles. The van der Waals surface area contributed by atoms with Crippen LogP contribution < -0.4 is 19.1 Å². The number of carbonyl (C=O) groups excluding carboxylic acids is 2. The average Bonchev–Trinajstić information content (AvgIpc) is 3.02. The number of hydrogen-bond donors (Lipinski definition) is 1. The lowest BCUT2D eigenvalue weighted by atomic mass is 10.0. The molecular formula is C33H39Cl2N3O6S. The van der Waals surface area contributed by atoms with Crippen molar-refractivity contribution in [3.63, 3.8) is 0 Å². The van der Waals surface area contributed by atoms with Gasteiger partial charge in [0, 0.05) is 38.0 Å². The molecule has 0 unspecified atom stereocenters. The Hall–Kier alpha value is -3.47. The molecule has 1 N–H and O–H groups in total. The Labute approximate surface area is 275 Å². The van der Waals surface area contributed by atoms with Crippen molar-refractivity contribution in [1.29, 1.82) is 0 Å². The number of rotatable bonds is 14. The topological polar surface area (TPSA) is 105 Å². The molecule has 0 bridgehead atoms. The van der Waals surface area contributed by atoms with Crippen LogP contribution >= 0.6 is 23.2 Å². The first kappa shape index (κ1) is 34.4. The number of fused-ring (bicyclic) bond motifs is 1. The van der Waals surface area contributed by atoms with Crippen LogP contribution in [0.15, 0.2) is 66.7 Å². The Morgan fingerprint density at radius 1 is 0.933 bits per heavy atom. The third-order valence-corrected chi connectivity index (χ3v) is 9.51. The van der Waals surface area contributed by atoms with Gasteiger partial charge in [-0.15, -0.1) is 0 Å². The van der Waals surface area contributed by atoms with Gasteiger partial charge in [-0.25, -0.2) is 8.42 Å². The van der Waals surface area contributed by atoms with E-state index in [1.165, 1.54) is 4.31 Å². The molecule has 1 aliphatic heterocycles. The second kappa shape index (κ2) is 15.7. The summed E-state index contributed by atoms with van der Waals surface area (Å²) in [5.74, 6) is 0.451. The summed E-state index contributed by atoms with van der Waals surface area (Å²) in [7, 11) is -3.69. The minimum Gasteiger partial charge on any atom is -0.486 e. The van der Waals surface area contributed by atoms with Crippen LogP contribution in [0.25, 0.3) is 0 Å². The van der Waals surface area contributed by atoms with Crippen molar-refractivity contribution in [2.75, 3.05) is 30.3 Å². The zero-order valence-corrected chi connectivity index (χ0v) is 28.0. The van der Waals surface area contributed by atoms with E-state index in [1.54, 1.807) is 41.3 Å². The van der Waals surface area contributed by atoms with E-state index < -0.39 is 16.1 Å². The van der Waals surface area contributed by atoms with Gasteiger partial charge < -0.3 is 19.7 Å². The highest BCUT2D eigenvalue weighted by molar-refractivity contribution is 7.92. The molecular weight excluding hydrogens is 637 g/mol. The van der Waals surface area contributed by atoms with E-state index in [1.807, 2.05) is 44.2 Å². The summed E-state index contributed by atoms with van der Waals surface area (Å²) in [6.45, 7) is 4.84. The Balaban J connectivity index is 1.60. The molecule has 4 rings (SSSR count). The van der Waals surface area contributed by atoms with Gasteiger partial charge >= 0.3 is 0 Å². The molecule has 2 atom stereocenters. The minimum absolute atomic E-state index is 0.000204. The smallest absolute Gasteiger partial charge is 0.243 e. The molecule has 0 saturated carbocycles. The Morgan fingerprint density at radius 2 is 1.64 bits per heavy atom. The lowest BCUT2D eigenvalue weighted by Gasteiger charge is -2.33. The number of anilines is 1. The van der Waals surface area contributed by atoms with Crippen molar-refractivity contribution in [2.24, 2.45) is 0 Å². The predicted molar refractivity (Wildman–Crippen MR) is 178 cm³/mol. The van der Waals surface area contributed by atoms with Crippen LogP contribution in [-0.4, -0.2) is 63.2 Å². The monoisotopic (exact) mass is 675 g/mol. The third-order valence-electron chi connectivity index (χ3n) is 7.57. The van der Waals surface area contributed by atoms with Crippen LogP contribution in [0.3, 0.4) is 0 Å². The fourth-order valence-electron chi connectivity index (χ4n) is 5.02. The number of amides is 2. The average molecular weight is 677 g/mol. The van der Waals surface area contributed by atoms with Gasteiger partial charge in [-0.1, -0.05) is 66.5 Å². The largest absolute Gasteiger partial charge is 0.486 e. The summed E-state index contributed by atoms with van der Waals surface area (Å²) in [6, 6.07) is 18.7. The molecule has 0 saturated heterocycles. The second-order valence-corrected chi connectivity index (χ2v) is 13.8. The Morgan fingerprint density at radius 3 is 2.31 bits per heavy atom. The maximum atomic E-state index is 14.0. The van der Waals surface area contributed by atoms with E-state index in [0.29, 0.717) is 52.4 Å². The fourth-order valence-corrected chi connectivity index (χ4v) is 6.30. The number of nitrogens with one attached hydrogen (secondary N) is 1. The number of sulfonamides is 1. The molecule has 12 heteroatoms. The number of hydrogen-bond acceptors (Lipinski definition) is 6. The first-order valence-electron chi connectivity index (χ1n) is 14.9. The standard InChI is InChI=1S/C33H39Cl2N3O6S/c1-4-23(2)36-33(40)29(20-24-9-6-5-7-10-24)37(22-25-12-14-27(34)28(35)19-25)32(39)11-8-16-38(45(3,41)42)26-13-15-30-31(21-26)44-18-17-43-30/h5-7,9-10,12-15,19,21,23,29H,4,8,11,16-18,20,22H2,1-3H3,(H,36,40)/t23-,29-/m0/s1. The summed E-state index contributed by atoms with van der Waals surface area (Å²) in [5.41, 5.74) is 2.02. The van der Waals surface area contributed by atoms with E-state index in [-0.39, 0.29) is 43.8 Å². The molecule has 1 heterocycles. The third kappa shape index (κ3) is 9.51. The molecule has 2 amide bonds. The molecule has 3 aromatic rings. The lowest BCUT2D eigenvalue weighted by molar-refractivity contribution is -0.141. The van der Waals surface area contributed by atoms with E-state index >= 15 is 0 Å². The summed E-state index contributed by atoms with van der Waals surface area (Å²) >= 11 is 12.5. The summed E-state index contributed by atoms with van der Waals surface area (Å²) in [4.78, 5) is 29.3. The zero-order valence-electron chi connectivity index (χ0n) is 25.7. The van der Waals surface area contributed by atoms with E-state index in [2.05, 4.69) is 5.32 Å². The van der Waals surface area contributed by atoms with Crippen molar-refractivity contribution >= 4 is 50.7 Å². The van der Waals surface area contributed by atoms with Gasteiger partial charge in [-0.05, 0) is 55.2 Å². The summed E-state index contributed by atoms with van der Waals surface area (Å²) < 4.78 is 38.1. The zero-order chi connectivity index (χ0) is 32.6. The van der Waals surface area contributed by atoms with Gasteiger partial charge in [0.25, 0.3) is 0 Å². The lowest BCUT2D eigenvalue weighted by Crippen LogP contribution is -2.52. The van der Waals surface area contributed by atoms with Crippen molar-refractivity contribution < 1.29 is 27.5 Å². The van der Waals surface area contributed by atoms with Crippen molar-refractivity contribution in [3.8, 4) is 11.5 Å². The molecule has 0 spiro atoms. The highest BCUT2D eigenvalue weighted by Gasteiger charge is 2.31. The van der Waals surface area contributed by atoms with Crippen molar-refractivity contribution in [3.05, 3.63) is 87.9 Å². The molecule has 9 nitrogen and oxygen atoms in total. The summed E-state index contributed by atoms with van der Waals surface area (Å²) in [6.07, 6.45) is 2.36. The maximum Gasteiger partial charge on any atom is 0.243 e. The molecule has 0 radical (unpaired) electrons. The van der Waals surface area contributed by atoms with Gasteiger partial charge in [-0.3, -0.25) is 13.9 Å². The van der Waals surface area contributed by atoms with Crippen LogP contribution in [0.1, 0.15) is 44.2 Å². The molecule has 3 aromatic carbocycles. The van der Waals surface area contributed by atoms with Crippen LogP contribution in [0.2, 0.25) is 10.0 Å². The van der Waals surface area contributed by atoms with Crippen molar-refractivity contribution in [1.82, 2.24) is 10.2 Å². The second-order valence-electron chi connectivity index (χ2n) is 11.1. The molecule has 45 heavy (non-hydrogen) atoms. The van der Waals surface area contributed by atoms with Gasteiger partial charge in [0.1, 0.15) is 19.3 Å². The number of carbonyl (C=O) groups is 2. The molecule has 0 fully saturated rings.